The van der Waals surface area contributed by atoms with Gasteiger partial charge in [-0.2, -0.15) is 0 Å². The summed E-state index contributed by atoms with van der Waals surface area (Å²) in [4.78, 5) is 11.7. The molecule has 24 heavy (non-hydrogen) atoms. The number of hydrogen-bond donors (Lipinski definition) is 2. The number of fused-ring (bicyclic) bond motifs is 2. The van der Waals surface area contributed by atoms with E-state index in [0.717, 1.165) is 23.4 Å². The van der Waals surface area contributed by atoms with Crippen LogP contribution in [0.15, 0.2) is 24.3 Å². The van der Waals surface area contributed by atoms with Crippen molar-refractivity contribution in [2.24, 2.45) is 17.8 Å². The maximum Gasteiger partial charge on any atom is 0.338 e. The van der Waals surface area contributed by atoms with Crippen molar-refractivity contribution in [3.63, 3.8) is 0 Å². The molecule has 5 heteroatoms. The lowest BCUT2D eigenvalue weighted by Gasteiger charge is -2.29. The van der Waals surface area contributed by atoms with Gasteiger partial charge in [-0.3, -0.25) is 0 Å². The third kappa shape index (κ3) is 3.89. The van der Waals surface area contributed by atoms with Crippen LogP contribution in [0.2, 0.25) is 0 Å². The third-order valence-electron chi connectivity index (χ3n) is 5.45. The molecule has 2 bridgehead atoms. The van der Waals surface area contributed by atoms with Crippen LogP contribution >= 0.6 is 12.2 Å². The Hall–Kier alpha value is -1.62. The molecule has 3 rings (SSSR count). The number of benzene rings is 1. The molecule has 130 valence electrons. The second kappa shape index (κ2) is 7.51. The van der Waals surface area contributed by atoms with Gasteiger partial charge in [0.1, 0.15) is 0 Å². The SMILES string of the molecule is CCOC(=O)c1ccc(NC(=S)N[C@H](C)[C@H]2C[C@H]3CC[C@H]2C3)cc1. The molecule has 0 aromatic heterocycles. The summed E-state index contributed by atoms with van der Waals surface area (Å²) in [5.74, 6) is 2.27. The Labute approximate surface area is 149 Å². The Morgan fingerprint density at radius 1 is 1.29 bits per heavy atom. The van der Waals surface area contributed by atoms with Crippen LogP contribution < -0.4 is 10.6 Å². The van der Waals surface area contributed by atoms with Crippen LogP contribution in [0.3, 0.4) is 0 Å². The molecule has 0 aliphatic heterocycles. The number of carbonyl (C=O) groups excluding carboxylic acids is 1. The molecule has 4 atom stereocenters. The smallest absolute Gasteiger partial charge is 0.338 e. The van der Waals surface area contributed by atoms with Gasteiger partial charge in [0.2, 0.25) is 0 Å². The number of ether oxygens (including phenoxy) is 1. The topological polar surface area (TPSA) is 50.4 Å². The van der Waals surface area contributed by atoms with Crippen molar-refractivity contribution in [3.05, 3.63) is 29.8 Å². The highest BCUT2D eigenvalue weighted by atomic mass is 32.1. The van der Waals surface area contributed by atoms with E-state index < -0.39 is 0 Å². The van der Waals surface area contributed by atoms with Crippen molar-refractivity contribution >= 4 is 29.0 Å². The minimum atomic E-state index is -0.297. The molecule has 2 aliphatic rings. The molecule has 1 aromatic rings. The summed E-state index contributed by atoms with van der Waals surface area (Å²) in [6.45, 7) is 4.42. The van der Waals surface area contributed by atoms with Crippen molar-refractivity contribution in [2.75, 3.05) is 11.9 Å². The Morgan fingerprint density at radius 3 is 2.62 bits per heavy atom. The summed E-state index contributed by atoms with van der Waals surface area (Å²) < 4.78 is 4.99. The molecular weight excluding hydrogens is 320 g/mol. The minimum absolute atomic E-state index is 0.297. The zero-order valence-electron chi connectivity index (χ0n) is 14.4. The quantitative estimate of drug-likeness (QED) is 0.624. The highest BCUT2D eigenvalue weighted by Gasteiger charge is 2.41. The average Bonchev–Trinajstić information content (AvgIpc) is 3.18. The number of carbonyl (C=O) groups is 1. The van der Waals surface area contributed by atoms with Gasteiger partial charge in [0.15, 0.2) is 5.11 Å². The molecule has 1 aromatic carbocycles. The van der Waals surface area contributed by atoms with Gasteiger partial charge in [-0.15, -0.1) is 0 Å². The van der Waals surface area contributed by atoms with E-state index in [2.05, 4.69) is 17.6 Å². The highest BCUT2D eigenvalue weighted by Crippen LogP contribution is 2.49. The largest absolute Gasteiger partial charge is 0.462 e. The molecule has 2 N–H and O–H groups in total. The van der Waals surface area contributed by atoms with Gasteiger partial charge in [-0.25, -0.2) is 4.79 Å². The molecule has 0 spiro atoms. The van der Waals surface area contributed by atoms with Crippen LogP contribution in [-0.4, -0.2) is 23.7 Å². The first-order valence-electron chi connectivity index (χ1n) is 8.91. The van der Waals surface area contributed by atoms with Crippen molar-refractivity contribution in [1.29, 1.82) is 0 Å². The summed E-state index contributed by atoms with van der Waals surface area (Å²) in [7, 11) is 0. The molecule has 4 nitrogen and oxygen atoms in total. The molecule has 0 saturated heterocycles. The first-order chi connectivity index (χ1) is 11.6. The normalized spacial score (nSPS) is 26.0. The predicted octanol–water partition coefficient (Wildman–Crippen LogP) is 3.97. The van der Waals surface area contributed by atoms with E-state index in [1.165, 1.54) is 25.7 Å². The average molecular weight is 346 g/mol. The van der Waals surface area contributed by atoms with E-state index in [1.54, 1.807) is 19.1 Å². The molecular formula is C19H26N2O2S. The first kappa shape index (κ1) is 17.2. The molecule has 2 aliphatic carbocycles. The lowest BCUT2D eigenvalue weighted by molar-refractivity contribution is 0.0526. The maximum atomic E-state index is 11.7. The number of esters is 1. The summed E-state index contributed by atoms with van der Waals surface area (Å²) in [5.41, 5.74) is 1.43. The summed E-state index contributed by atoms with van der Waals surface area (Å²) in [5, 5.41) is 7.30. The van der Waals surface area contributed by atoms with Gasteiger partial charge in [0.25, 0.3) is 0 Å². The van der Waals surface area contributed by atoms with Gasteiger partial charge in [-0.05, 0) is 87.3 Å². The number of hydrogen-bond acceptors (Lipinski definition) is 3. The maximum absolute atomic E-state index is 11.7. The second-order valence-corrected chi connectivity index (χ2v) is 7.43. The zero-order chi connectivity index (χ0) is 17.1. The van der Waals surface area contributed by atoms with Crippen LogP contribution in [0.25, 0.3) is 0 Å². The van der Waals surface area contributed by atoms with Gasteiger partial charge in [0, 0.05) is 11.7 Å². The fraction of sp³-hybridized carbons (Fsp3) is 0.579. The third-order valence-corrected chi connectivity index (χ3v) is 5.67. The van der Waals surface area contributed by atoms with E-state index in [4.69, 9.17) is 17.0 Å². The monoisotopic (exact) mass is 346 g/mol. The number of rotatable bonds is 5. The molecule has 2 fully saturated rings. The highest BCUT2D eigenvalue weighted by molar-refractivity contribution is 7.80. The van der Waals surface area contributed by atoms with Crippen LogP contribution in [0, 0.1) is 17.8 Å². The Bertz CT molecular complexity index is 602. The molecule has 2 saturated carbocycles. The van der Waals surface area contributed by atoms with E-state index in [0.29, 0.717) is 23.3 Å². The standard InChI is InChI=1S/C19H26N2O2S/c1-3-23-18(22)14-6-8-16(9-7-14)21-19(24)20-12(2)17-11-13-4-5-15(17)10-13/h6-9,12-13,15,17H,3-5,10-11H2,1-2H3,(H2,20,21,24)/t12-,13+,15+,17-/m1/s1. The van der Waals surface area contributed by atoms with Crippen molar-refractivity contribution in [3.8, 4) is 0 Å². The van der Waals surface area contributed by atoms with E-state index >= 15 is 0 Å². The van der Waals surface area contributed by atoms with Gasteiger partial charge in [0.05, 0.1) is 12.2 Å². The zero-order valence-corrected chi connectivity index (χ0v) is 15.2. The molecule has 0 radical (unpaired) electrons. The lowest BCUT2D eigenvalue weighted by atomic mass is 9.84. The first-order valence-corrected chi connectivity index (χ1v) is 9.32. The van der Waals surface area contributed by atoms with E-state index in [1.807, 2.05) is 12.1 Å². The van der Waals surface area contributed by atoms with Crippen LogP contribution in [0.5, 0.6) is 0 Å². The van der Waals surface area contributed by atoms with Gasteiger partial charge in [-0.1, -0.05) is 6.42 Å². The van der Waals surface area contributed by atoms with Crippen LogP contribution in [0.1, 0.15) is 49.9 Å². The predicted molar refractivity (Wildman–Crippen MR) is 100 cm³/mol. The second-order valence-electron chi connectivity index (χ2n) is 7.02. The van der Waals surface area contributed by atoms with Crippen molar-refractivity contribution in [2.45, 2.75) is 45.6 Å². The molecule has 0 amide bonds. The van der Waals surface area contributed by atoms with Crippen LogP contribution in [0.4, 0.5) is 5.69 Å². The van der Waals surface area contributed by atoms with Crippen molar-refractivity contribution in [1.82, 2.24) is 5.32 Å². The number of anilines is 1. The number of nitrogens with one attached hydrogen (secondary N) is 2. The van der Waals surface area contributed by atoms with E-state index in [-0.39, 0.29) is 5.97 Å². The van der Waals surface area contributed by atoms with E-state index in [9.17, 15) is 4.79 Å². The Morgan fingerprint density at radius 2 is 2.04 bits per heavy atom. The lowest BCUT2D eigenvalue weighted by Crippen LogP contribution is -2.42. The summed E-state index contributed by atoms with van der Waals surface area (Å²) in [6, 6.07) is 7.61. The van der Waals surface area contributed by atoms with Crippen molar-refractivity contribution < 1.29 is 9.53 Å². The van der Waals surface area contributed by atoms with Gasteiger partial charge < -0.3 is 15.4 Å². The van der Waals surface area contributed by atoms with Crippen LogP contribution in [-0.2, 0) is 4.74 Å². The molecule has 0 unspecified atom stereocenters. The minimum Gasteiger partial charge on any atom is -0.462 e. The molecule has 0 heterocycles. The van der Waals surface area contributed by atoms with Gasteiger partial charge >= 0.3 is 5.97 Å². The summed E-state index contributed by atoms with van der Waals surface area (Å²) in [6.07, 6.45) is 5.56. The number of thiocarbonyl (C=S) groups is 1. The Balaban J connectivity index is 1.50. The summed E-state index contributed by atoms with van der Waals surface area (Å²) >= 11 is 5.45. The Kier molecular flexibility index (Phi) is 5.39. The fourth-order valence-electron chi connectivity index (χ4n) is 4.29. The fourth-order valence-corrected chi connectivity index (χ4v) is 4.60.